The molecule has 7 nitrogen and oxygen atoms in total. The van der Waals surface area contributed by atoms with Gasteiger partial charge in [-0.3, -0.25) is 4.79 Å². The van der Waals surface area contributed by atoms with E-state index < -0.39 is 0 Å². The number of benzene rings is 2. The van der Waals surface area contributed by atoms with Crippen molar-refractivity contribution >= 4 is 34.9 Å². The number of anilines is 2. The van der Waals surface area contributed by atoms with E-state index in [0.29, 0.717) is 16.6 Å². The van der Waals surface area contributed by atoms with E-state index in [4.69, 9.17) is 9.47 Å². The Kier molecular flexibility index (Phi) is 9.11. The van der Waals surface area contributed by atoms with Gasteiger partial charge in [0.1, 0.15) is 11.5 Å². The summed E-state index contributed by atoms with van der Waals surface area (Å²) in [6.45, 7) is 2.03. The lowest BCUT2D eigenvalue weighted by molar-refractivity contribution is -0.116. The van der Waals surface area contributed by atoms with Gasteiger partial charge in [-0.25, -0.2) is 9.97 Å². The summed E-state index contributed by atoms with van der Waals surface area (Å²) in [6, 6.07) is 17.4. The van der Waals surface area contributed by atoms with Crippen LogP contribution < -0.4 is 20.1 Å². The van der Waals surface area contributed by atoms with Crippen molar-refractivity contribution in [2.75, 3.05) is 32.3 Å². The van der Waals surface area contributed by atoms with E-state index in [9.17, 15) is 4.79 Å². The maximum absolute atomic E-state index is 11.6. The van der Waals surface area contributed by atoms with Gasteiger partial charge in [0, 0.05) is 24.7 Å². The molecule has 2 aromatic carbocycles. The first kappa shape index (κ1) is 24.9. The lowest BCUT2D eigenvalue weighted by atomic mass is 10.2. The van der Waals surface area contributed by atoms with Crippen LogP contribution in [-0.4, -0.2) is 42.9 Å². The van der Waals surface area contributed by atoms with Crippen molar-refractivity contribution in [3.8, 4) is 11.5 Å². The SMILES string of the molecule is CNC(=O)C1=CC=C(c2ccnc(Nc3ccc(OC)cc3)n2)CS1.COc1ccccc1C. The summed E-state index contributed by atoms with van der Waals surface area (Å²) in [5, 5.41) is 5.81. The highest BCUT2D eigenvalue weighted by Gasteiger charge is 2.15. The molecule has 0 aliphatic carbocycles. The molecule has 1 aromatic heterocycles. The number of nitrogens with one attached hydrogen (secondary N) is 2. The third-order valence-electron chi connectivity index (χ3n) is 4.91. The highest BCUT2D eigenvalue weighted by atomic mass is 32.2. The Labute approximate surface area is 204 Å². The Balaban J connectivity index is 0.000000302. The summed E-state index contributed by atoms with van der Waals surface area (Å²) in [6.07, 6.45) is 5.47. The Morgan fingerprint density at radius 2 is 1.76 bits per heavy atom. The number of amides is 1. The van der Waals surface area contributed by atoms with Crippen molar-refractivity contribution in [1.29, 1.82) is 0 Å². The number of hydrogen-bond acceptors (Lipinski definition) is 7. The maximum atomic E-state index is 11.6. The van der Waals surface area contributed by atoms with E-state index in [1.807, 2.05) is 73.7 Å². The molecule has 8 heteroatoms. The Morgan fingerprint density at radius 1 is 1.00 bits per heavy atom. The number of allylic oxidation sites excluding steroid dienone is 2. The van der Waals surface area contributed by atoms with Crippen LogP contribution in [0.3, 0.4) is 0 Å². The topological polar surface area (TPSA) is 85.4 Å². The number of nitrogens with zero attached hydrogens (tertiary/aromatic N) is 2. The Morgan fingerprint density at radius 3 is 2.35 bits per heavy atom. The van der Waals surface area contributed by atoms with Gasteiger partial charge >= 0.3 is 0 Å². The number of ether oxygens (including phenoxy) is 2. The highest BCUT2D eigenvalue weighted by molar-refractivity contribution is 8.04. The first-order chi connectivity index (χ1) is 16.5. The fraction of sp³-hybridized carbons (Fsp3) is 0.192. The fourth-order valence-corrected chi connectivity index (χ4v) is 3.99. The predicted molar refractivity (Wildman–Crippen MR) is 139 cm³/mol. The van der Waals surface area contributed by atoms with Crippen LogP contribution >= 0.6 is 11.8 Å². The van der Waals surface area contributed by atoms with Gasteiger partial charge in [-0.1, -0.05) is 24.3 Å². The molecule has 0 saturated heterocycles. The van der Waals surface area contributed by atoms with Crippen LogP contribution in [0.15, 0.2) is 77.9 Å². The zero-order valence-electron chi connectivity index (χ0n) is 19.7. The molecule has 0 bridgehead atoms. The molecule has 0 spiro atoms. The van der Waals surface area contributed by atoms with Crippen molar-refractivity contribution < 1.29 is 14.3 Å². The van der Waals surface area contributed by atoms with Crippen LogP contribution in [0.2, 0.25) is 0 Å². The molecule has 0 fully saturated rings. The number of thioether (sulfide) groups is 1. The molecular formula is C26H28N4O3S. The van der Waals surface area contributed by atoms with E-state index in [2.05, 4.69) is 20.6 Å². The number of aromatic nitrogens is 2. The number of carbonyl (C=O) groups is 1. The molecule has 0 atom stereocenters. The van der Waals surface area contributed by atoms with Crippen LogP contribution in [0, 0.1) is 6.92 Å². The van der Waals surface area contributed by atoms with Crippen molar-refractivity contribution in [2.45, 2.75) is 6.92 Å². The van der Waals surface area contributed by atoms with Gasteiger partial charge in [0.15, 0.2) is 0 Å². The summed E-state index contributed by atoms with van der Waals surface area (Å²) in [5.41, 5.74) is 3.95. The third-order valence-corrected chi connectivity index (χ3v) is 6.00. The molecule has 34 heavy (non-hydrogen) atoms. The van der Waals surface area contributed by atoms with Gasteiger partial charge in [0.2, 0.25) is 5.95 Å². The molecule has 176 valence electrons. The number of rotatable bonds is 6. The molecular weight excluding hydrogens is 448 g/mol. The number of carbonyl (C=O) groups excluding carboxylic acids is 1. The quantitative estimate of drug-likeness (QED) is 0.518. The smallest absolute Gasteiger partial charge is 0.257 e. The fourth-order valence-electron chi connectivity index (χ4n) is 3.04. The molecule has 1 aliphatic heterocycles. The lowest BCUT2D eigenvalue weighted by Crippen LogP contribution is -2.19. The van der Waals surface area contributed by atoms with E-state index >= 15 is 0 Å². The first-order valence-electron chi connectivity index (χ1n) is 10.6. The molecule has 1 amide bonds. The predicted octanol–water partition coefficient (Wildman–Crippen LogP) is 4.99. The van der Waals surface area contributed by atoms with Gasteiger partial charge in [-0.05, 0) is 60.5 Å². The van der Waals surface area contributed by atoms with E-state index in [1.54, 1.807) is 27.5 Å². The number of hydrogen-bond donors (Lipinski definition) is 2. The molecule has 4 rings (SSSR count). The Bertz CT molecular complexity index is 1180. The largest absolute Gasteiger partial charge is 0.497 e. The lowest BCUT2D eigenvalue weighted by Gasteiger charge is -2.13. The molecule has 2 N–H and O–H groups in total. The minimum Gasteiger partial charge on any atom is -0.497 e. The zero-order chi connectivity index (χ0) is 24.3. The molecule has 0 unspecified atom stereocenters. The Hall–Kier alpha value is -3.78. The second kappa shape index (κ2) is 12.5. The normalized spacial score (nSPS) is 12.4. The maximum Gasteiger partial charge on any atom is 0.257 e. The summed E-state index contributed by atoms with van der Waals surface area (Å²) >= 11 is 1.50. The van der Waals surface area contributed by atoms with Gasteiger partial charge in [-0.15, -0.1) is 11.8 Å². The number of para-hydroxylation sites is 1. The van der Waals surface area contributed by atoms with Gasteiger partial charge < -0.3 is 20.1 Å². The second-order valence-electron chi connectivity index (χ2n) is 7.18. The third kappa shape index (κ3) is 6.86. The van der Waals surface area contributed by atoms with Crippen LogP contribution in [0.25, 0.3) is 5.57 Å². The van der Waals surface area contributed by atoms with Gasteiger partial charge in [-0.2, -0.15) is 0 Å². The number of methoxy groups -OCH3 is 2. The van der Waals surface area contributed by atoms with Gasteiger partial charge in [0.25, 0.3) is 5.91 Å². The van der Waals surface area contributed by atoms with Crippen molar-refractivity contribution in [2.24, 2.45) is 0 Å². The molecule has 2 heterocycles. The molecule has 3 aromatic rings. The van der Waals surface area contributed by atoms with Crippen LogP contribution in [0.4, 0.5) is 11.6 Å². The average Bonchev–Trinajstić information content (AvgIpc) is 2.89. The summed E-state index contributed by atoms with van der Waals surface area (Å²) in [5.74, 6) is 2.90. The zero-order valence-corrected chi connectivity index (χ0v) is 20.5. The van der Waals surface area contributed by atoms with Crippen molar-refractivity contribution in [3.63, 3.8) is 0 Å². The second-order valence-corrected chi connectivity index (χ2v) is 8.20. The first-order valence-corrected chi connectivity index (χ1v) is 11.6. The van der Waals surface area contributed by atoms with Crippen molar-refractivity contribution in [3.05, 3.63) is 89.1 Å². The molecule has 0 radical (unpaired) electrons. The van der Waals surface area contributed by atoms with Crippen LogP contribution in [-0.2, 0) is 4.79 Å². The number of likely N-dealkylation sites (N-methyl/N-ethyl adjacent to an activating group) is 1. The minimum atomic E-state index is -0.0650. The summed E-state index contributed by atoms with van der Waals surface area (Å²) in [4.78, 5) is 21.2. The monoisotopic (exact) mass is 476 g/mol. The number of aryl methyl sites for hydroxylation is 1. The van der Waals surface area contributed by atoms with E-state index in [-0.39, 0.29) is 5.91 Å². The highest BCUT2D eigenvalue weighted by Crippen LogP contribution is 2.29. The molecule has 0 saturated carbocycles. The van der Waals surface area contributed by atoms with Gasteiger partial charge in [0.05, 0.1) is 24.8 Å². The van der Waals surface area contributed by atoms with Crippen LogP contribution in [0.1, 0.15) is 11.3 Å². The van der Waals surface area contributed by atoms with Crippen molar-refractivity contribution in [1.82, 2.24) is 15.3 Å². The van der Waals surface area contributed by atoms with Crippen LogP contribution in [0.5, 0.6) is 11.5 Å². The standard InChI is InChI=1S/C18H18N4O2S.C8H10O/c1-19-17(23)16-8-3-12(11-25-16)15-9-10-20-18(22-15)21-13-4-6-14(24-2)7-5-13;1-7-5-3-4-6-8(7)9-2/h3-10H,11H2,1-2H3,(H,19,23)(H,20,21,22);3-6H,1-2H3. The average molecular weight is 477 g/mol. The van der Waals surface area contributed by atoms with E-state index in [0.717, 1.165) is 28.5 Å². The summed E-state index contributed by atoms with van der Waals surface area (Å²) in [7, 11) is 4.95. The molecule has 1 aliphatic rings. The van der Waals surface area contributed by atoms with E-state index in [1.165, 1.54) is 17.3 Å². The minimum absolute atomic E-state index is 0.0650. The summed E-state index contributed by atoms with van der Waals surface area (Å²) < 4.78 is 10.2.